The number of ether oxygens (including phenoxy) is 1. The monoisotopic (exact) mass is 338 g/mol. The van der Waals surface area contributed by atoms with E-state index in [2.05, 4.69) is 0 Å². The maximum atomic E-state index is 12.5. The van der Waals surface area contributed by atoms with Crippen molar-refractivity contribution in [3.05, 3.63) is 0 Å². The molecule has 5 nitrogen and oxygen atoms in total. The van der Waals surface area contributed by atoms with Crippen LogP contribution in [-0.2, 0) is 9.53 Å². The van der Waals surface area contributed by atoms with Crippen LogP contribution in [0.2, 0.25) is 0 Å². The first kappa shape index (κ1) is 19.6. The molecule has 0 aromatic carbocycles. The van der Waals surface area contributed by atoms with Gasteiger partial charge in [-0.15, -0.1) is 0 Å². The number of hydrogen-bond donors (Lipinski definition) is 0. The number of piperidine rings is 1. The van der Waals surface area contributed by atoms with Gasteiger partial charge in [-0.25, -0.2) is 4.79 Å². The van der Waals surface area contributed by atoms with Crippen molar-refractivity contribution in [3.8, 4) is 0 Å². The molecule has 0 unspecified atom stereocenters. The van der Waals surface area contributed by atoms with E-state index < -0.39 is 23.8 Å². The zero-order valence-electron chi connectivity index (χ0n) is 14.1. The minimum atomic E-state index is -4.84. The van der Waals surface area contributed by atoms with Gasteiger partial charge in [0.1, 0.15) is 5.60 Å². The van der Waals surface area contributed by atoms with E-state index >= 15 is 0 Å². The molecule has 0 saturated carbocycles. The number of rotatable bonds is 3. The van der Waals surface area contributed by atoms with Crippen molar-refractivity contribution in [2.75, 3.05) is 26.2 Å². The van der Waals surface area contributed by atoms with Crippen molar-refractivity contribution in [1.82, 2.24) is 9.80 Å². The summed E-state index contributed by atoms with van der Waals surface area (Å²) in [5.74, 6) is -1.84. The zero-order valence-corrected chi connectivity index (χ0v) is 14.1. The minimum Gasteiger partial charge on any atom is -0.444 e. The summed E-state index contributed by atoms with van der Waals surface area (Å²) in [4.78, 5) is 25.6. The molecule has 1 aliphatic rings. The summed E-state index contributed by atoms with van der Waals surface area (Å²) < 4.78 is 42.8. The van der Waals surface area contributed by atoms with Crippen LogP contribution >= 0.6 is 0 Å². The van der Waals surface area contributed by atoms with Gasteiger partial charge in [-0.3, -0.25) is 4.79 Å². The third-order valence-corrected chi connectivity index (χ3v) is 3.66. The normalized spacial score (nSPS) is 17.1. The molecule has 0 bridgehead atoms. The summed E-state index contributed by atoms with van der Waals surface area (Å²) in [6.07, 6.45) is -4.13. The van der Waals surface area contributed by atoms with Crippen LogP contribution in [-0.4, -0.2) is 59.8 Å². The second kappa shape index (κ2) is 7.40. The molecular weight excluding hydrogens is 313 g/mol. The molecule has 0 N–H and O–H groups in total. The fourth-order valence-electron chi connectivity index (χ4n) is 2.47. The van der Waals surface area contributed by atoms with Crippen molar-refractivity contribution in [3.63, 3.8) is 0 Å². The number of amides is 2. The highest BCUT2D eigenvalue weighted by molar-refractivity contribution is 5.81. The highest BCUT2D eigenvalue weighted by Crippen LogP contribution is 2.23. The van der Waals surface area contributed by atoms with Crippen molar-refractivity contribution < 1.29 is 27.5 Å². The quantitative estimate of drug-likeness (QED) is 0.795. The molecule has 0 aliphatic carbocycles. The van der Waals surface area contributed by atoms with Gasteiger partial charge >= 0.3 is 18.2 Å². The number of hydrogen-bond acceptors (Lipinski definition) is 3. The lowest BCUT2D eigenvalue weighted by Gasteiger charge is -2.35. The molecule has 1 heterocycles. The van der Waals surface area contributed by atoms with Crippen LogP contribution in [0.1, 0.15) is 40.5 Å². The molecular formula is C15H25F3N2O3. The Morgan fingerprint density at radius 2 is 1.70 bits per heavy atom. The Morgan fingerprint density at radius 3 is 2.09 bits per heavy atom. The predicted octanol–water partition coefficient (Wildman–Crippen LogP) is 3.04. The van der Waals surface area contributed by atoms with Crippen molar-refractivity contribution >= 4 is 12.0 Å². The van der Waals surface area contributed by atoms with Crippen molar-refractivity contribution in [1.29, 1.82) is 0 Å². The Labute approximate surface area is 134 Å². The van der Waals surface area contributed by atoms with E-state index in [-0.39, 0.29) is 19.0 Å². The van der Waals surface area contributed by atoms with Gasteiger partial charge in [-0.1, -0.05) is 0 Å². The van der Waals surface area contributed by atoms with Crippen LogP contribution in [0.4, 0.5) is 18.0 Å². The lowest BCUT2D eigenvalue weighted by molar-refractivity contribution is -0.186. The highest BCUT2D eigenvalue weighted by Gasteiger charge is 2.42. The van der Waals surface area contributed by atoms with Crippen LogP contribution < -0.4 is 0 Å². The van der Waals surface area contributed by atoms with Crippen molar-refractivity contribution in [2.24, 2.45) is 5.92 Å². The Morgan fingerprint density at radius 1 is 1.17 bits per heavy atom. The lowest BCUT2D eigenvalue weighted by Crippen LogP contribution is -2.47. The van der Waals surface area contributed by atoms with Gasteiger partial charge in [0, 0.05) is 26.2 Å². The number of alkyl halides is 3. The summed E-state index contributed by atoms with van der Waals surface area (Å²) in [5.41, 5.74) is -0.577. The number of likely N-dealkylation sites (tertiary alicyclic amines) is 1. The third kappa shape index (κ3) is 6.27. The van der Waals surface area contributed by atoms with Crippen LogP contribution in [0.15, 0.2) is 0 Å². The summed E-state index contributed by atoms with van der Waals surface area (Å²) in [7, 11) is 0. The fraction of sp³-hybridized carbons (Fsp3) is 0.867. The zero-order chi connectivity index (χ0) is 17.8. The summed E-state index contributed by atoms with van der Waals surface area (Å²) in [6.45, 7) is 7.80. The maximum absolute atomic E-state index is 12.5. The molecule has 1 fully saturated rings. The number of carbonyl (C=O) groups is 2. The average Bonchev–Trinajstić information content (AvgIpc) is 2.41. The molecule has 0 spiro atoms. The van der Waals surface area contributed by atoms with Crippen molar-refractivity contribution in [2.45, 2.75) is 52.3 Å². The maximum Gasteiger partial charge on any atom is 0.471 e. The van der Waals surface area contributed by atoms with E-state index in [1.807, 2.05) is 0 Å². The SMILES string of the molecule is CCN(CC1CCN(C(=O)OC(C)(C)C)CC1)C(=O)C(F)(F)F. The van der Waals surface area contributed by atoms with Gasteiger partial charge in [0.05, 0.1) is 0 Å². The molecule has 8 heteroatoms. The third-order valence-electron chi connectivity index (χ3n) is 3.66. The molecule has 0 atom stereocenters. The number of nitrogens with zero attached hydrogens (tertiary/aromatic N) is 2. The Kier molecular flexibility index (Phi) is 6.30. The molecule has 0 aromatic heterocycles. The molecule has 1 saturated heterocycles. The van der Waals surface area contributed by atoms with Crippen LogP contribution in [0.3, 0.4) is 0 Å². The molecule has 1 aliphatic heterocycles. The predicted molar refractivity (Wildman–Crippen MR) is 78.8 cm³/mol. The van der Waals surface area contributed by atoms with E-state index in [1.165, 1.54) is 6.92 Å². The lowest BCUT2D eigenvalue weighted by atomic mass is 9.96. The summed E-state index contributed by atoms with van der Waals surface area (Å²) in [5, 5.41) is 0. The van der Waals surface area contributed by atoms with Gasteiger partial charge in [0.2, 0.25) is 0 Å². The summed E-state index contributed by atoms with van der Waals surface area (Å²) in [6, 6.07) is 0. The average molecular weight is 338 g/mol. The first-order valence-corrected chi connectivity index (χ1v) is 7.78. The fourth-order valence-corrected chi connectivity index (χ4v) is 2.47. The molecule has 0 radical (unpaired) electrons. The largest absolute Gasteiger partial charge is 0.471 e. The van der Waals surface area contributed by atoms with Gasteiger partial charge in [-0.2, -0.15) is 13.2 Å². The molecule has 0 aromatic rings. The van der Waals surface area contributed by atoms with E-state index in [0.717, 1.165) is 4.90 Å². The van der Waals surface area contributed by atoms with E-state index in [0.29, 0.717) is 25.9 Å². The number of carbonyl (C=O) groups excluding carboxylic acids is 2. The van der Waals surface area contributed by atoms with Crippen LogP contribution in [0.25, 0.3) is 0 Å². The van der Waals surface area contributed by atoms with E-state index in [1.54, 1.807) is 25.7 Å². The van der Waals surface area contributed by atoms with E-state index in [4.69, 9.17) is 4.74 Å². The second-order valence-corrected chi connectivity index (χ2v) is 6.75. The Hall–Kier alpha value is -1.47. The van der Waals surface area contributed by atoms with Crippen LogP contribution in [0.5, 0.6) is 0 Å². The summed E-state index contributed by atoms with van der Waals surface area (Å²) >= 11 is 0. The smallest absolute Gasteiger partial charge is 0.444 e. The first-order valence-electron chi connectivity index (χ1n) is 7.78. The minimum absolute atomic E-state index is 0.0185. The molecule has 1 rings (SSSR count). The standard InChI is InChI=1S/C15H25F3N2O3/c1-5-19(12(21)15(16,17)18)10-11-6-8-20(9-7-11)13(22)23-14(2,3)4/h11H,5-10H2,1-4H3. The topological polar surface area (TPSA) is 49.9 Å². The molecule has 134 valence electrons. The Balaban J connectivity index is 2.50. The Bertz CT molecular complexity index is 425. The second-order valence-electron chi connectivity index (χ2n) is 6.75. The highest BCUT2D eigenvalue weighted by atomic mass is 19.4. The molecule has 2 amide bonds. The first-order chi connectivity index (χ1) is 10.4. The van der Waals surface area contributed by atoms with Gasteiger partial charge in [0.15, 0.2) is 0 Å². The van der Waals surface area contributed by atoms with Crippen LogP contribution in [0, 0.1) is 5.92 Å². The van der Waals surface area contributed by atoms with Gasteiger partial charge in [0.25, 0.3) is 0 Å². The van der Waals surface area contributed by atoms with Gasteiger partial charge in [-0.05, 0) is 46.5 Å². The number of halogens is 3. The van der Waals surface area contributed by atoms with Gasteiger partial charge < -0.3 is 14.5 Å². The van der Waals surface area contributed by atoms with E-state index in [9.17, 15) is 22.8 Å². The molecule has 23 heavy (non-hydrogen) atoms.